The second-order valence-corrected chi connectivity index (χ2v) is 13.8. The fraction of sp³-hybridized carbons (Fsp3) is 0.800. The second-order valence-electron chi connectivity index (χ2n) is 10.7. The number of carbonyl (C=O) groups is 1. The van der Waals surface area contributed by atoms with Crippen LogP contribution < -0.4 is 11.4 Å². The van der Waals surface area contributed by atoms with E-state index >= 15 is 0 Å². The highest BCUT2D eigenvalue weighted by atomic mass is 32.2. The van der Waals surface area contributed by atoms with Crippen molar-refractivity contribution in [3.63, 3.8) is 0 Å². The van der Waals surface area contributed by atoms with Crippen LogP contribution in [0.25, 0.3) is 0 Å². The van der Waals surface area contributed by atoms with Crippen molar-refractivity contribution >= 4 is 30.4 Å². The van der Waals surface area contributed by atoms with E-state index in [1.165, 1.54) is 19.2 Å². The molecule has 5 atom stereocenters. The third-order valence-corrected chi connectivity index (χ3v) is 9.93. The molecule has 0 spiro atoms. The smallest absolute Gasteiger partial charge is 0.395 e. The Morgan fingerprint density at radius 1 is 1.30 bits per heavy atom. The van der Waals surface area contributed by atoms with Crippen molar-refractivity contribution in [2.45, 2.75) is 84.3 Å². The lowest BCUT2D eigenvalue weighted by atomic mass is 9.96. The van der Waals surface area contributed by atoms with Gasteiger partial charge in [0, 0.05) is 25.0 Å². The van der Waals surface area contributed by atoms with Crippen LogP contribution >= 0.6 is 19.5 Å². The van der Waals surface area contributed by atoms with E-state index in [2.05, 4.69) is 4.98 Å². The molecule has 1 aliphatic heterocycles. The van der Waals surface area contributed by atoms with Gasteiger partial charge in [-0.3, -0.25) is 18.4 Å². The lowest BCUT2D eigenvalue weighted by Gasteiger charge is -2.31. The molecule has 0 aromatic carbocycles. The largest absolute Gasteiger partial charge is 0.408 e. The van der Waals surface area contributed by atoms with Crippen LogP contribution in [-0.2, 0) is 23.1 Å². The number of nitrogens with two attached hydrogens (primary N) is 1. The number of rotatable bonds is 17. The average Bonchev–Trinajstić information content (AvgIpc) is 3.13. The summed E-state index contributed by atoms with van der Waals surface area (Å²) in [5.74, 6) is 0.189. The van der Waals surface area contributed by atoms with E-state index in [9.17, 15) is 29.5 Å². The van der Waals surface area contributed by atoms with Crippen LogP contribution in [0.1, 0.15) is 66.5 Å². The molecule has 0 amide bonds. The van der Waals surface area contributed by atoms with Crippen LogP contribution in [0.4, 0.5) is 5.82 Å². The first kappa shape index (κ1) is 34.8. The quantitative estimate of drug-likeness (QED) is 0.149. The van der Waals surface area contributed by atoms with E-state index < -0.39 is 49.5 Å². The van der Waals surface area contributed by atoms with Crippen LogP contribution in [0.5, 0.6) is 0 Å². The summed E-state index contributed by atoms with van der Waals surface area (Å²) in [6.45, 7) is 8.73. The van der Waals surface area contributed by atoms with E-state index in [0.29, 0.717) is 13.1 Å². The maximum absolute atomic E-state index is 14.2. The van der Waals surface area contributed by atoms with Gasteiger partial charge in [-0.05, 0) is 39.7 Å². The van der Waals surface area contributed by atoms with E-state index in [4.69, 9.17) is 19.5 Å². The molecule has 15 heteroatoms. The van der Waals surface area contributed by atoms with Gasteiger partial charge in [0.05, 0.1) is 25.2 Å². The molecule has 0 aliphatic carbocycles. The number of anilines is 1. The lowest BCUT2D eigenvalue weighted by molar-refractivity contribution is -0.119. The van der Waals surface area contributed by atoms with E-state index in [0.717, 1.165) is 42.0 Å². The van der Waals surface area contributed by atoms with Crippen molar-refractivity contribution in [1.82, 2.24) is 14.2 Å². The summed E-state index contributed by atoms with van der Waals surface area (Å²) in [5, 5.41) is 31.1. The highest BCUT2D eigenvalue weighted by Crippen LogP contribution is 2.53. The van der Waals surface area contributed by atoms with Crippen molar-refractivity contribution in [2.24, 2.45) is 5.41 Å². The van der Waals surface area contributed by atoms with Crippen LogP contribution in [-0.4, -0.2) is 91.1 Å². The summed E-state index contributed by atoms with van der Waals surface area (Å²) in [6, 6.07) is 1.36. The van der Waals surface area contributed by atoms with Crippen LogP contribution in [0.3, 0.4) is 0 Å². The predicted octanol–water partition coefficient (Wildman–Crippen LogP) is 2.16. The lowest BCUT2D eigenvalue weighted by Crippen LogP contribution is -2.46. The Kier molecular flexibility index (Phi) is 13.3. The minimum Gasteiger partial charge on any atom is -0.395 e. The monoisotopic (exact) mass is 608 g/mol. The number of nitrogen functional groups attached to an aromatic ring is 1. The van der Waals surface area contributed by atoms with Gasteiger partial charge in [0.15, 0.2) is 11.3 Å². The van der Waals surface area contributed by atoms with E-state index in [1.807, 2.05) is 13.8 Å². The Hall–Kier alpha value is -1.35. The molecule has 1 aromatic rings. The van der Waals surface area contributed by atoms with Gasteiger partial charge in [0.1, 0.15) is 23.6 Å². The van der Waals surface area contributed by atoms with Gasteiger partial charge in [-0.25, -0.2) is 14.0 Å². The Morgan fingerprint density at radius 3 is 2.48 bits per heavy atom. The molecule has 230 valence electrons. The highest BCUT2D eigenvalue weighted by molar-refractivity contribution is 8.13. The van der Waals surface area contributed by atoms with Gasteiger partial charge in [-0.15, -0.1) is 0 Å². The molecular weight excluding hydrogens is 563 g/mol. The van der Waals surface area contributed by atoms with E-state index in [-0.39, 0.29) is 29.9 Å². The Balaban J connectivity index is 2.20. The molecule has 1 saturated heterocycles. The van der Waals surface area contributed by atoms with Gasteiger partial charge in [0.25, 0.3) is 0 Å². The highest BCUT2D eigenvalue weighted by Gasteiger charge is 2.54. The summed E-state index contributed by atoms with van der Waals surface area (Å²) in [4.78, 5) is 28.4. The van der Waals surface area contributed by atoms with Crippen molar-refractivity contribution in [3.8, 4) is 0 Å². The molecule has 40 heavy (non-hydrogen) atoms. The topological polar surface area (TPSA) is 187 Å². The van der Waals surface area contributed by atoms with E-state index in [1.54, 1.807) is 18.5 Å². The van der Waals surface area contributed by atoms with Gasteiger partial charge in [0.2, 0.25) is 0 Å². The standard InChI is InChI=1S/C25H45N4O9PS/c1-6-8-11-28(12-9-7-2)39(35,36-14-15-40-22(32)24(3,4)17-30)37-16-18-20(31)25(5,34)21(38-18)29-13-10-19(26)27-23(29)33/h10,13,18,20-21,30-31,34H,6-9,11-12,14-17H2,1-5H3,(H2,26,27,33)/t18-,20?,21-,25+,39?/m1/s1. The molecule has 1 aromatic heterocycles. The average molecular weight is 609 g/mol. The fourth-order valence-corrected chi connectivity index (χ4v) is 6.70. The van der Waals surface area contributed by atoms with Crippen LogP contribution in [0, 0.1) is 5.41 Å². The number of hydrogen-bond donors (Lipinski definition) is 4. The number of nitrogens with zero attached hydrogens (tertiary/aromatic N) is 3. The second kappa shape index (κ2) is 15.2. The van der Waals surface area contributed by atoms with Gasteiger partial charge in [-0.1, -0.05) is 38.5 Å². The molecule has 5 N–H and O–H groups in total. The Labute approximate surface area is 240 Å². The van der Waals surface area contributed by atoms with Gasteiger partial charge in [-0.2, -0.15) is 4.98 Å². The number of aliphatic hydroxyl groups excluding tert-OH is 2. The van der Waals surface area contributed by atoms with Gasteiger partial charge < -0.3 is 25.8 Å². The third kappa shape index (κ3) is 8.83. The number of aromatic nitrogens is 2. The Bertz CT molecular complexity index is 1060. The van der Waals surface area contributed by atoms with Crippen molar-refractivity contribution in [2.75, 3.05) is 44.4 Å². The summed E-state index contributed by atoms with van der Waals surface area (Å²) >= 11 is 0.976. The van der Waals surface area contributed by atoms with Gasteiger partial charge >= 0.3 is 13.4 Å². The maximum Gasteiger partial charge on any atom is 0.408 e. The molecule has 2 unspecified atom stereocenters. The van der Waals surface area contributed by atoms with Crippen LogP contribution in [0.2, 0.25) is 0 Å². The molecule has 0 radical (unpaired) electrons. The molecule has 13 nitrogen and oxygen atoms in total. The zero-order valence-corrected chi connectivity index (χ0v) is 25.7. The minimum atomic E-state index is -3.94. The molecule has 2 rings (SSSR count). The number of ether oxygens (including phenoxy) is 1. The first-order valence-corrected chi connectivity index (χ1v) is 16.0. The fourth-order valence-electron chi connectivity index (χ4n) is 3.94. The zero-order chi connectivity index (χ0) is 30.1. The summed E-state index contributed by atoms with van der Waals surface area (Å²) in [5.41, 5.74) is 1.98. The first-order valence-electron chi connectivity index (χ1n) is 13.6. The molecule has 0 bridgehead atoms. The molecule has 1 fully saturated rings. The molecule has 1 aliphatic rings. The number of aliphatic hydroxyl groups is 3. The maximum atomic E-state index is 14.2. The number of unbranched alkanes of at least 4 members (excludes halogenated alkanes) is 2. The Morgan fingerprint density at radius 2 is 1.93 bits per heavy atom. The van der Waals surface area contributed by atoms with Crippen LogP contribution in [0.15, 0.2) is 17.1 Å². The summed E-state index contributed by atoms with van der Waals surface area (Å²) < 4.78 is 34.3. The third-order valence-electron chi connectivity index (χ3n) is 6.67. The summed E-state index contributed by atoms with van der Waals surface area (Å²) in [6.07, 6.45) is 0.541. The predicted molar refractivity (Wildman–Crippen MR) is 153 cm³/mol. The normalized spacial score (nSPS) is 24.9. The number of hydrogen-bond acceptors (Lipinski definition) is 12. The van der Waals surface area contributed by atoms with Crippen molar-refractivity contribution < 1.29 is 38.5 Å². The van der Waals surface area contributed by atoms with Crippen molar-refractivity contribution in [1.29, 1.82) is 0 Å². The van der Waals surface area contributed by atoms with Crippen molar-refractivity contribution in [3.05, 3.63) is 22.7 Å². The zero-order valence-electron chi connectivity index (χ0n) is 24.0. The number of thioether (sulfide) groups is 1. The first-order chi connectivity index (χ1) is 18.7. The minimum absolute atomic E-state index is 0.00329. The number of carbonyl (C=O) groups excluding carboxylic acids is 1. The molecular formula is C25H45N4O9PS. The molecule has 0 saturated carbocycles. The SMILES string of the molecule is CCCCN(CCCC)P(=O)(OCCSC(=O)C(C)(C)CO)OC[C@H]1O[C@@H](n2ccc(N)nc2=O)[C@@](C)(O)C1O. The summed E-state index contributed by atoms with van der Waals surface area (Å²) in [7, 11) is -3.94. The molecule has 2 heterocycles.